The number of rotatable bonds is 4. The van der Waals surface area contributed by atoms with Crippen LogP contribution in [0.25, 0.3) is 0 Å². The molecule has 7 atom stereocenters. The SMILES string of the molecule is CC(C)C(C)C=CC(C)C1CCC2(O)OC1(C)CCC1=C2C(=O)C=C2CC(O)CCC21C. The van der Waals surface area contributed by atoms with E-state index in [0.717, 1.165) is 43.3 Å². The number of aliphatic hydroxyl groups excluding tert-OH is 1. The molecule has 7 unspecified atom stereocenters. The third-order valence-corrected chi connectivity index (χ3v) is 9.31. The van der Waals surface area contributed by atoms with E-state index >= 15 is 0 Å². The summed E-state index contributed by atoms with van der Waals surface area (Å²) >= 11 is 0. The molecule has 2 fully saturated rings. The molecule has 1 saturated heterocycles. The standard InChI is InChI=1S/C28H42O4/c1-17(2)18(3)7-8-19(4)22-11-14-28(31)25-23(10-13-27(22,6)32-28)26(5)12-9-21(29)15-20(26)16-24(25)30/h7-8,16-19,21-22,29,31H,9-15H2,1-6H3. The van der Waals surface area contributed by atoms with Gasteiger partial charge in [-0.2, -0.15) is 0 Å². The topological polar surface area (TPSA) is 66.8 Å². The van der Waals surface area contributed by atoms with Crippen molar-refractivity contribution in [3.05, 3.63) is 34.9 Å². The molecule has 178 valence electrons. The molecule has 0 aromatic heterocycles. The molecular formula is C28H42O4. The highest BCUT2D eigenvalue weighted by Crippen LogP contribution is 2.58. The second-order valence-electron chi connectivity index (χ2n) is 11.8. The monoisotopic (exact) mass is 442 g/mol. The van der Waals surface area contributed by atoms with E-state index in [0.29, 0.717) is 42.1 Å². The van der Waals surface area contributed by atoms with Gasteiger partial charge in [-0.15, -0.1) is 0 Å². The second-order valence-corrected chi connectivity index (χ2v) is 11.8. The Morgan fingerprint density at radius 2 is 1.81 bits per heavy atom. The van der Waals surface area contributed by atoms with E-state index in [1.165, 1.54) is 0 Å². The Balaban J connectivity index is 1.65. The fourth-order valence-corrected chi connectivity index (χ4v) is 6.72. The third kappa shape index (κ3) is 3.86. The summed E-state index contributed by atoms with van der Waals surface area (Å²) in [6, 6.07) is 0. The number of carbonyl (C=O) groups is 1. The molecule has 4 heteroatoms. The average molecular weight is 443 g/mol. The van der Waals surface area contributed by atoms with Gasteiger partial charge in [-0.1, -0.05) is 52.3 Å². The number of aliphatic hydroxyl groups is 2. The first kappa shape index (κ1) is 23.9. The zero-order chi connectivity index (χ0) is 23.5. The largest absolute Gasteiger partial charge is 0.393 e. The minimum atomic E-state index is -1.51. The fraction of sp³-hybridized carbons (Fsp3) is 0.750. The molecule has 0 aromatic rings. The lowest BCUT2D eigenvalue weighted by Crippen LogP contribution is -2.54. The van der Waals surface area contributed by atoms with Crippen LogP contribution in [-0.4, -0.2) is 33.5 Å². The summed E-state index contributed by atoms with van der Waals surface area (Å²) < 4.78 is 6.56. The van der Waals surface area contributed by atoms with Gasteiger partial charge in [-0.05, 0) is 80.8 Å². The van der Waals surface area contributed by atoms with Crippen LogP contribution in [0.2, 0.25) is 0 Å². The lowest BCUT2D eigenvalue weighted by atomic mass is 9.60. The molecule has 0 spiro atoms. The highest BCUT2D eigenvalue weighted by atomic mass is 16.6. The van der Waals surface area contributed by atoms with Gasteiger partial charge in [0.25, 0.3) is 0 Å². The van der Waals surface area contributed by atoms with E-state index < -0.39 is 11.4 Å². The van der Waals surface area contributed by atoms with E-state index in [2.05, 4.69) is 53.7 Å². The molecule has 0 aromatic carbocycles. The first-order valence-electron chi connectivity index (χ1n) is 12.7. The average Bonchev–Trinajstić information content (AvgIpc) is 2.79. The highest BCUT2D eigenvalue weighted by molar-refractivity contribution is 6.08. The summed E-state index contributed by atoms with van der Waals surface area (Å²) in [5.41, 5.74) is 1.85. The van der Waals surface area contributed by atoms with E-state index in [1.807, 2.05) is 0 Å². The molecule has 4 rings (SSSR count). The maximum atomic E-state index is 13.3. The minimum absolute atomic E-state index is 0.120. The van der Waals surface area contributed by atoms with Crippen LogP contribution in [0.5, 0.6) is 0 Å². The van der Waals surface area contributed by atoms with Crippen LogP contribution < -0.4 is 0 Å². The van der Waals surface area contributed by atoms with E-state index in [-0.39, 0.29) is 17.3 Å². The summed E-state index contributed by atoms with van der Waals surface area (Å²) in [5.74, 6) is 0.139. The van der Waals surface area contributed by atoms with Gasteiger partial charge in [0.1, 0.15) is 0 Å². The van der Waals surface area contributed by atoms with Gasteiger partial charge in [-0.3, -0.25) is 4.79 Å². The zero-order valence-corrected chi connectivity index (χ0v) is 20.8. The molecular weight excluding hydrogens is 400 g/mol. The van der Waals surface area contributed by atoms with Crippen LogP contribution in [0.4, 0.5) is 0 Å². The molecule has 4 nitrogen and oxygen atoms in total. The van der Waals surface area contributed by atoms with Crippen LogP contribution >= 0.6 is 0 Å². The van der Waals surface area contributed by atoms with Crippen LogP contribution in [0.1, 0.15) is 86.5 Å². The van der Waals surface area contributed by atoms with Crippen molar-refractivity contribution in [2.45, 2.75) is 104 Å². The maximum Gasteiger partial charge on any atom is 0.196 e. The summed E-state index contributed by atoms with van der Waals surface area (Å²) in [7, 11) is 0. The molecule has 2 aliphatic heterocycles. The third-order valence-electron chi connectivity index (χ3n) is 9.31. The molecule has 2 bridgehead atoms. The molecule has 2 aliphatic carbocycles. The first-order valence-corrected chi connectivity index (χ1v) is 12.7. The number of ether oxygens (including phenoxy) is 1. The normalized spacial score (nSPS) is 41.8. The second kappa shape index (κ2) is 8.21. The molecule has 4 aliphatic rings. The molecule has 1 saturated carbocycles. The van der Waals surface area contributed by atoms with Crippen molar-refractivity contribution in [3.8, 4) is 0 Å². The predicted molar refractivity (Wildman–Crippen MR) is 127 cm³/mol. The lowest BCUT2D eigenvalue weighted by Gasteiger charge is -2.50. The lowest BCUT2D eigenvalue weighted by molar-refractivity contribution is -0.285. The Kier molecular flexibility index (Phi) is 6.14. The van der Waals surface area contributed by atoms with Crippen molar-refractivity contribution in [3.63, 3.8) is 0 Å². The van der Waals surface area contributed by atoms with Crippen molar-refractivity contribution in [1.29, 1.82) is 0 Å². The first-order chi connectivity index (χ1) is 14.9. The quantitative estimate of drug-likeness (QED) is 0.565. The smallest absolute Gasteiger partial charge is 0.196 e. The molecule has 2 heterocycles. The Bertz CT molecular complexity index is 867. The van der Waals surface area contributed by atoms with Gasteiger partial charge in [-0.25, -0.2) is 0 Å². The van der Waals surface area contributed by atoms with Gasteiger partial charge in [0, 0.05) is 11.8 Å². The number of hydrogen-bond donors (Lipinski definition) is 2. The Labute approximate surface area is 193 Å². The van der Waals surface area contributed by atoms with E-state index in [9.17, 15) is 15.0 Å². The van der Waals surface area contributed by atoms with Gasteiger partial charge >= 0.3 is 0 Å². The molecule has 32 heavy (non-hydrogen) atoms. The van der Waals surface area contributed by atoms with Crippen LogP contribution in [0, 0.1) is 29.1 Å². The zero-order valence-electron chi connectivity index (χ0n) is 20.8. The van der Waals surface area contributed by atoms with Gasteiger partial charge in [0.15, 0.2) is 11.6 Å². The summed E-state index contributed by atoms with van der Waals surface area (Å²) in [5, 5.41) is 22.0. The Morgan fingerprint density at radius 3 is 2.50 bits per heavy atom. The number of ketones is 1. The van der Waals surface area contributed by atoms with Crippen molar-refractivity contribution in [1.82, 2.24) is 0 Å². The fourth-order valence-electron chi connectivity index (χ4n) is 6.72. The van der Waals surface area contributed by atoms with Gasteiger partial charge < -0.3 is 14.9 Å². The number of fused-ring (bicyclic) bond motifs is 5. The molecule has 0 amide bonds. The Hall–Kier alpha value is -1.23. The molecule has 0 radical (unpaired) electrons. The van der Waals surface area contributed by atoms with Crippen molar-refractivity contribution in [2.24, 2.45) is 29.1 Å². The van der Waals surface area contributed by atoms with Crippen molar-refractivity contribution in [2.75, 3.05) is 0 Å². The van der Waals surface area contributed by atoms with Crippen LogP contribution in [-0.2, 0) is 9.53 Å². The van der Waals surface area contributed by atoms with E-state index in [1.54, 1.807) is 6.08 Å². The van der Waals surface area contributed by atoms with E-state index in [4.69, 9.17) is 4.74 Å². The molecule has 2 N–H and O–H groups in total. The van der Waals surface area contributed by atoms with Crippen molar-refractivity contribution >= 4 is 5.78 Å². The number of carbonyl (C=O) groups excluding carboxylic acids is 1. The number of hydrogen-bond acceptors (Lipinski definition) is 4. The summed E-state index contributed by atoms with van der Waals surface area (Å²) in [6.45, 7) is 13.4. The van der Waals surface area contributed by atoms with Crippen molar-refractivity contribution < 1.29 is 19.7 Å². The predicted octanol–water partition coefficient (Wildman–Crippen LogP) is 5.50. The summed E-state index contributed by atoms with van der Waals surface area (Å²) in [6.07, 6.45) is 10.9. The minimum Gasteiger partial charge on any atom is -0.393 e. The maximum absolute atomic E-state index is 13.3. The number of allylic oxidation sites excluding steroid dienone is 4. The summed E-state index contributed by atoms with van der Waals surface area (Å²) in [4.78, 5) is 13.3. The highest BCUT2D eigenvalue weighted by Gasteiger charge is 2.57. The van der Waals surface area contributed by atoms with Crippen LogP contribution in [0.3, 0.4) is 0 Å². The van der Waals surface area contributed by atoms with Gasteiger partial charge in [0.2, 0.25) is 0 Å². The van der Waals surface area contributed by atoms with Gasteiger partial charge in [0.05, 0.1) is 17.3 Å². The van der Waals surface area contributed by atoms with Crippen LogP contribution in [0.15, 0.2) is 34.9 Å². The Morgan fingerprint density at radius 1 is 1.09 bits per heavy atom.